The van der Waals surface area contributed by atoms with E-state index >= 15 is 0 Å². The molecule has 0 heterocycles. The van der Waals surface area contributed by atoms with Crippen LogP contribution in [0.3, 0.4) is 0 Å². The predicted octanol–water partition coefficient (Wildman–Crippen LogP) is 2.48. The van der Waals surface area contributed by atoms with Crippen molar-refractivity contribution in [2.45, 2.75) is 25.9 Å². The average Bonchev–Trinajstić information content (AvgIpc) is 2.36. The molecule has 1 aromatic rings. The van der Waals surface area contributed by atoms with Crippen LogP contribution in [0.2, 0.25) is 0 Å². The maximum Gasteiger partial charge on any atom is 0.224 e. The Morgan fingerprint density at radius 1 is 1.05 bits per heavy atom. The van der Waals surface area contributed by atoms with Gasteiger partial charge in [0.1, 0.15) is 5.69 Å². The molecule has 1 atom stereocenters. The van der Waals surface area contributed by atoms with E-state index in [0.29, 0.717) is 0 Å². The number of rotatable bonds is 4. The molecule has 0 saturated heterocycles. The largest absolute Gasteiger partial charge is 0.393 e. The van der Waals surface area contributed by atoms with Crippen molar-refractivity contribution in [3.05, 3.63) is 29.1 Å². The summed E-state index contributed by atoms with van der Waals surface area (Å²) in [6.07, 6.45) is -1.17. The number of hydrogen-bond acceptors (Lipinski definition) is 2. The number of halogens is 5. The van der Waals surface area contributed by atoms with Crippen molar-refractivity contribution in [3.63, 3.8) is 0 Å². The molecule has 8 heteroatoms. The van der Waals surface area contributed by atoms with Crippen LogP contribution in [0.25, 0.3) is 0 Å². The van der Waals surface area contributed by atoms with Crippen molar-refractivity contribution in [3.8, 4) is 0 Å². The van der Waals surface area contributed by atoms with Crippen molar-refractivity contribution < 1.29 is 31.9 Å². The van der Waals surface area contributed by atoms with Gasteiger partial charge < -0.3 is 10.4 Å². The first-order valence-electron chi connectivity index (χ1n) is 5.25. The smallest absolute Gasteiger partial charge is 0.224 e. The van der Waals surface area contributed by atoms with Crippen LogP contribution in [0.1, 0.15) is 19.8 Å². The van der Waals surface area contributed by atoms with Gasteiger partial charge in [0.15, 0.2) is 23.3 Å². The minimum Gasteiger partial charge on any atom is -0.393 e. The summed E-state index contributed by atoms with van der Waals surface area (Å²) in [7, 11) is 0. The molecule has 19 heavy (non-hydrogen) atoms. The zero-order chi connectivity index (χ0) is 14.7. The van der Waals surface area contributed by atoms with Crippen molar-refractivity contribution in [1.82, 2.24) is 0 Å². The van der Waals surface area contributed by atoms with E-state index in [-0.39, 0.29) is 12.8 Å². The van der Waals surface area contributed by atoms with E-state index < -0.39 is 46.8 Å². The van der Waals surface area contributed by atoms with Crippen molar-refractivity contribution in [2.75, 3.05) is 5.32 Å². The van der Waals surface area contributed by atoms with Gasteiger partial charge in [-0.15, -0.1) is 0 Å². The summed E-state index contributed by atoms with van der Waals surface area (Å²) in [6, 6.07) is 0. The predicted molar refractivity (Wildman–Crippen MR) is 55.8 cm³/mol. The van der Waals surface area contributed by atoms with E-state index in [0.717, 1.165) is 0 Å². The molecular weight excluding hydrogens is 273 g/mol. The second-order valence-corrected chi connectivity index (χ2v) is 3.88. The van der Waals surface area contributed by atoms with E-state index in [2.05, 4.69) is 0 Å². The van der Waals surface area contributed by atoms with Gasteiger partial charge in [-0.05, 0) is 13.3 Å². The van der Waals surface area contributed by atoms with E-state index in [1.54, 1.807) is 5.32 Å². The third kappa shape index (κ3) is 3.40. The van der Waals surface area contributed by atoms with Crippen LogP contribution in [0.4, 0.5) is 27.6 Å². The van der Waals surface area contributed by atoms with Crippen molar-refractivity contribution in [1.29, 1.82) is 0 Å². The molecule has 0 bridgehead atoms. The lowest BCUT2D eigenvalue weighted by atomic mass is 10.2. The molecule has 2 N–H and O–H groups in total. The number of carbonyl (C=O) groups excluding carboxylic acids is 1. The van der Waals surface area contributed by atoms with Crippen molar-refractivity contribution in [2.24, 2.45) is 0 Å². The molecule has 0 aliphatic heterocycles. The molecule has 3 nitrogen and oxygen atoms in total. The number of aliphatic hydroxyl groups is 1. The molecule has 106 valence electrons. The Morgan fingerprint density at radius 2 is 1.47 bits per heavy atom. The number of anilines is 1. The summed E-state index contributed by atoms with van der Waals surface area (Å²) in [5.41, 5.74) is -1.40. The van der Waals surface area contributed by atoms with Crippen LogP contribution >= 0.6 is 0 Å². The molecule has 1 rings (SSSR count). The Hall–Kier alpha value is -1.70. The lowest BCUT2D eigenvalue weighted by Gasteiger charge is -2.10. The Balaban J connectivity index is 2.99. The molecular formula is C11H10F5NO2. The molecule has 1 aromatic carbocycles. The summed E-state index contributed by atoms with van der Waals surface area (Å²) in [6.45, 7) is 1.38. The fourth-order valence-corrected chi connectivity index (χ4v) is 1.26. The number of aliphatic hydroxyl groups excluding tert-OH is 1. The summed E-state index contributed by atoms with van der Waals surface area (Å²) in [5.74, 6) is -11.8. The molecule has 0 aliphatic carbocycles. The van der Waals surface area contributed by atoms with Gasteiger partial charge in [-0.3, -0.25) is 4.79 Å². The quantitative estimate of drug-likeness (QED) is 0.506. The standard InChI is InChI=1S/C11H10F5NO2/c1-4(18)2-3-5(19)17-11-9(15)7(13)6(12)8(14)10(11)16/h4,18H,2-3H2,1H3,(H,17,19). The van der Waals surface area contributed by atoms with E-state index in [1.165, 1.54) is 6.92 Å². The first kappa shape index (κ1) is 15.4. The van der Waals surface area contributed by atoms with Crippen LogP contribution in [0.15, 0.2) is 0 Å². The number of nitrogens with one attached hydrogen (secondary N) is 1. The lowest BCUT2D eigenvalue weighted by molar-refractivity contribution is -0.116. The Labute approximate surface area is 105 Å². The van der Waals surface area contributed by atoms with Crippen LogP contribution < -0.4 is 5.32 Å². The highest BCUT2D eigenvalue weighted by molar-refractivity contribution is 5.91. The maximum atomic E-state index is 13.2. The van der Waals surface area contributed by atoms with Gasteiger partial charge in [-0.1, -0.05) is 0 Å². The second kappa shape index (κ2) is 5.96. The third-order valence-electron chi connectivity index (χ3n) is 2.26. The first-order valence-corrected chi connectivity index (χ1v) is 5.25. The summed E-state index contributed by atoms with van der Waals surface area (Å²) in [5, 5.41) is 10.5. The van der Waals surface area contributed by atoms with Gasteiger partial charge >= 0.3 is 0 Å². The van der Waals surface area contributed by atoms with Crippen LogP contribution in [0, 0.1) is 29.1 Å². The second-order valence-electron chi connectivity index (χ2n) is 3.88. The maximum absolute atomic E-state index is 13.2. The fraction of sp³-hybridized carbons (Fsp3) is 0.364. The van der Waals surface area contributed by atoms with Gasteiger partial charge in [-0.25, -0.2) is 22.0 Å². The highest BCUT2D eigenvalue weighted by atomic mass is 19.2. The molecule has 0 radical (unpaired) electrons. The highest BCUT2D eigenvalue weighted by Gasteiger charge is 2.26. The number of amides is 1. The summed E-state index contributed by atoms with van der Waals surface area (Å²) < 4.78 is 64.7. The monoisotopic (exact) mass is 283 g/mol. The Kier molecular flexibility index (Phi) is 4.82. The number of benzene rings is 1. The fourth-order valence-electron chi connectivity index (χ4n) is 1.26. The molecule has 0 spiro atoms. The molecule has 1 amide bonds. The van der Waals surface area contributed by atoms with Gasteiger partial charge in [-0.2, -0.15) is 0 Å². The van der Waals surface area contributed by atoms with Crippen LogP contribution in [0.5, 0.6) is 0 Å². The Bertz CT molecular complexity index is 475. The van der Waals surface area contributed by atoms with Gasteiger partial charge in [0.25, 0.3) is 0 Å². The SMILES string of the molecule is CC(O)CCC(=O)Nc1c(F)c(F)c(F)c(F)c1F. The molecule has 0 fully saturated rings. The molecule has 0 aliphatic rings. The zero-order valence-corrected chi connectivity index (χ0v) is 9.74. The first-order chi connectivity index (χ1) is 8.75. The summed E-state index contributed by atoms with van der Waals surface area (Å²) >= 11 is 0. The third-order valence-corrected chi connectivity index (χ3v) is 2.26. The van der Waals surface area contributed by atoms with Crippen molar-refractivity contribution >= 4 is 11.6 Å². The van der Waals surface area contributed by atoms with E-state index in [4.69, 9.17) is 5.11 Å². The summed E-state index contributed by atoms with van der Waals surface area (Å²) in [4.78, 5) is 11.2. The van der Waals surface area contributed by atoms with Crippen LogP contribution in [-0.2, 0) is 4.79 Å². The normalized spacial score (nSPS) is 12.4. The highest BCUT2D eigenvalue weighted by Crippen LogP contribution is 2.27. The van der Waals surface area contributed by atoms with E-state index in [9.17, 15) is 26.7 Å². The number of carbonyl (C=O) groups is 1. The lowest BCUT2D eigenvalue weighted by Crippen LogP contribution is -2.18. The van der Waals surface area contributed by atoms with Gasteiger partial charge in [0.05, 0.1) is 6.10 Å². The van der Waals surface area contributed by atoms with E-state index in [1.807, 2.05) is 0 Å². The van der Waals surface area contributed by atoms with Gasteiger partial charge in [0, 0.05) is 6.42 Å². The minimum absolute atomic E-state index is 0.0127. The zero-order valence-electron chi connectivity index (χ0n) is 9.74. The van der Waals surface area contributed by atoms with Gasteiger partial charge in [0.2, 0.25) is 11.7 Å². The average molecular weight is 283 g/mol. The molecule has 0 aromatic heterocycles. The minimum atomic E-state index is -2.29. The topological polar surface area (TPSA) is 49.3 Å². The Morgan fingerprint density at radius 3 is 1.89 bits per heavy atom. The molecule has 1 unspecified atom stereocenters. The number of hydrogen-bond donors (Lipinski definition) is 2. The molecule has 0 saturated carbocycles. The van der Waals surface area contributed by atoms with Crippen LogP contribution in [-0.4, -0.2) is 17.1 Å².